The van der Waals surface area contributed by atoms with Crippen molar-refractivity contribution in [3.63, 3.8) is 0 Å². The lowest BCUT2D eigenvalue weighted by atomic mass is 10.0. The fourth-order valence-electron chi connectivity index (χ4n) is 3.98. The van der Waals surface area contributed by atoms with E-state index in [0.29, 0.717) is 31.6 Å². The van der Waals surface area contributed by atoms with Crippen molar-refractivity contribution >= 4 is 11.9 Å². The van der Waals surface area contributed by atoms with E-state index in [-0.39, 0.29) is 17.6 Å². The SMILES string of the molecule is CCOC(=O)CCCN1CCCN(C(=O)c2cccc(Cc3cccc(O)c3)c2)CC1. The van der Waals surface area contributed by atoms with Gasteiger partial charge in [-0.1, -0.05) is 24.3 Å². The Bertz CT molecular complexity index is 883. The first-order valence-corrected chi connectivity index (χ1v) is 11.1. The minimum atomic E-state index is -0.139. The van der Waals surface area contributed by atoms with Crippen LogP contribution in [0, 0.1) is 0 Å². The molecule has 6 heteroatoms. The van der Waals surface area contributed by atoms with Crippen molar-refractivity contribution in [2.45, 2.75) is 32.6 Å². The van der Waals surface area contributed by atoms with Gasteiger partial charge in [-0.25, -0.2) is 0 Å². The third-order valence-electron chi connectivity index (χ3n) is 5.53. The van der Waals surface area contributed by atoms with Crippen LogP contribution in [0.25, 0.3) is 0 Å². The van der Waals surface area contributed by atoms with E-state index >= 15 is 0 Å². The maximum atomic E-state index is 13.1. The fraction of sp³-hybridized carbons (Fsp3) is 0.440. The summed E-state index contributed by atoms with van der Waals surface area (Å²) in [6.07, 6.45) is 2.82. The van der Waals surface area contributed by atoms with Gasteiger partial charge in [-0.3, -0.25) is 9.59 Å². The Balaban J connectivity index is 1.53. The third-order valence-corrected chi connectivity index (χ3v) is 5.53. The van der Waals surface area contributed by atoms with Gasteiger partial charge < -0.3 is 19.6 Å². The average Bonchev–Trinajstić information content (AvgIpc) is 2.99. The molecule has 0 radical (unpaired) electrons. The van der Waals surface area contributed by atoms with E-state index in [1.165, 1.54) is 0 Å². The van der Waals surface area contributed by atoms with Crippen LogP contribution in [-0.4, -0.2) is 66.1 Å². The van der Waals surface area contributed by atoms with Crippen LogP contribution in [0.1, 0.15) is 47.7 Å². The van der Waals surface area contributed by atoms with E-state index in [1.54, 1.807) is 12.1 Å². The van der Waals surface area contributed by atoms with Crippen LogP contribution in [0.15, 0.2) is 48.5 Å². The number of esters is 1. The number of ether oxygens (including phenoxy) is 1. The number of hydrogen-bond donors (Lipinski definition) is 1. The van der Waals surface area contributed by atoms with E-state index in [9.17, 15) is 14.7 Å². The van der Waals surface area contributed by atoms with Crippen LogP contribution in [0.3, 0.4) is 0 Å². The first-order valence-electron chi connectivity index (χ1n) is 11.1. The van der Waals surface area contributed by atoms with E-state index in [0.717, 1.165) is 50.1 Å². The summed E-state index contributed by atoms with van der Waals surface area (Å²) < 4.78 is 4.98. The number of carbonyl (C=O) groups excluding carboxylic acids is 2. The van der Waals surface area contributed by atoms with Crippen molar-refractivity contribution in [2.75, 3.05) is 39.3 Å². The molecule has 1 fully saturated rings. The van der Waals surface area contributed by atoms with Crippen molar-refractivity contribution in [3.8, 4) is 5.75 Å². The van der Waals surface area contributed by atoms with Crippen LogP contribution in [0.4, 0.5) is 0 Å². The van der Waals surface area contributed by atoms with Crippen LogP contribution >= 0.6 is 0 Å². The molecule has 0 aliphatic carbocycles. The van der Waals surface area contributed by atoms with Crippen LogP contribution in [-0.2, 0) is 16.0 Å². The predicted molar refractivity (Wildman–Crippen MR) is 120 cm³/mol. The lowest BCUT2D eigenvalue weighted by Crippen LogP contribution is -2.35. The normalized spacial score (nSPS) is 14.8. The van der Waals surface area contributed by atoms with Gasteiger partial charge in [-0.05, 0) is 74.7 Å². The highest BCUT2D eigenvalue weighted by molar-refractivity contribution is 5.94. The molecule has 0 atom stereocenters. The molecule has 1 aliphatic heterocycles. The zero-order valence-electron chi connectivity index (χ0n) is 18.3. The van der Waals surface area contributed by atoms with Gasteiger partial charge in [0, 0.05) is 31.6 Å². The van der Waals surface area contributed by atoms with E-state index < -0.39 is 0 Å². The molecule has 0 bridgehead atoms. The molecule has 2 aromatic rings. The summed E-state index contributed by atoms with van der Waals surface area (Å²) in [5, 5.41) is 9.67. The summed E-state index contributed by atoms with van der Waals surface area (Å²) in [7, 11) is 0. The molecule has 0 unspecified atom stereocenters. The van der Waals surface area contributed by atoms with Gasteiger partial charge in [-0.2, -0.15) is 0 Å². The number of phenolic OH excluding ortho intramolecular Hbond substituents is 1. The summed E-state index contributed by atoms with van der Waals surface area (Å²) in [6.45, 7) is 6.27. The lowest BCUT2D eigenvalue weighted by Gasteiger charge is -2.22. The maximum absolute atomic E-state index is 13.1. The fourth-order valence-corrected chi connectivity index (χ4v) is 3.98. The van der Waals surface area contributed by atoms with Gasteiger partial charge in [0.25, 0.3) is 5.91 Å². The van der Waals surface area contributed by atoms with Gasteiger partial charge in [0.1, 0.15) is 5.75 Å². The Morgan fingerprint density at radius 2 is 1.77 bits per heavy atom. The summed E-state index contributed by atoms with van der Waals surface area (Å²) >= 11 is 0. The maximum Gasteiger partial charge on any atom is 0.305 e. The first kappa shape index (κ1) is 22.8. The highest BCUT2D eigenvalue weighted by Crippen LogP contribution is 2.17. The van der Waals surface area contributed by atoms with Crippen LogP contribution in [0.5, 0.6) is 5.75 Å². The molecular weight excluding hydrogens is 392 g/mol. The second-order valence-corrected chi connectivity index (χ2v) is 7.94. The highest BCUT2D eigenvalue weighted by Gasteiger charge is 2.20. The lowest BCUT2D eigenvalue weighted by molar-refractivity contribution is -0.143. The number of carbonyl (C=O) groups is 2. The topological polar surface area (TPSA) is 70.1 Å². The average molecular weight is 425 g/mol. The Morgan fingerprint density at radius 3 is 2.55 bits per heavy atom. The summed E-state index contributed by atoms with van der Waals surface area (Å²) in [4.78, 5) is 28.9. The van der Waals surface area contributed by atoms with Gasteiger partial charge in [0.15, 0.2) is 0 Å². The van der Waals surface area contributed by atoms with E-state index in [1.807, 2.05) is 48.2 Å². The first-order chi connectivity index (χ1) is 15.0. The monoisotopic (exact) mass is 424 g/mol. The molecule has 1 heterocycles. The molecular formula is C25H32N2O4. The zero-order chi connectivity index (χ0) is 22.1. The number of amides is 1. The van der Waals surface area contributed by atoms with E-state index in [2.05, 4.69) is 4.90 Å². The molecule has 166 valence electrons. The predicted octanol–water partition coefficient (Wildman–Crippen LogP) is 3.47. The number of benzene rings is 2. The van der Waals surface area contributed by atoms with E-state index in [4.69, 9.17) is 4.74 Å². The molecule has 0 aromatic heterocycles. The Labute approximate surface area is 184 Å². The third kappa shape index (κ3) is 7.10. The standard InChI is InChI=1S/C25H32N2O4/c1-2-31-24(29)11-5-12-26-13-6-14-27(16-15-26)25(30)22-9-3-7-20(18-22)17-21-8-4-10-23(28)19-21/h3-4,7-10,18-19,28H,2,5-6,11-17H2,1H3. The van der Waals surface area contributed by atoms with Crippen molar-refractivity contribution in [2.24, 2.45) is 0 Å². The largest absolute Gasteiger partial charge is 0.508 e. The molecule has 6 nitrogen and oxygen atoms in total. The highest BCUT2D eigenvalue weighted by atomic mass is 16.5. The summed E-state index contributed by atoms with van der Waals surface area (Å²) in [5.41, 5.74) is 2.76. The van der Waals surface area contributed by atoms with Crippen molar-refractivity contribution < 1.29 is 19.4 Å². The molecule has 31 heavy (non-hydrogen) atoms. The smallest absolute Gasteiger partial charge is 0.305 e. The second-order valence-electron chi connectivity index (χ2n) is 7.94. The van der Waals surface area contributed by atoms with Crippen molar-refractivity contribution in [3.05, 3.63) is 65.2 Å². The number of nitrogens with zero attached hydrogens (tertiary/aromatic N) is 2. The Hall–Kier alpha value is -2.86. The molecule has 0 saturated carbocycles. The molecule has 1 N–H and O–H groups in total. The number of phenols is 1. The van der Waals surface area contributed by atoms with Crippen molar-refractivity contribution in [1.29, 1.82) is 0 Å². The van der Waals surface area contributed by atoms with Crippen LogP contribution < -0.4 is 0 Å². The number of hydrogen-bond acceptors (Lipinski definition) is 5. The van der Waals surface area contributed by atoms with Gasteiger partial charge in [0.05, 0.1) is 6.61 Å². The van der Waals surface area contributed by atoms with Gasteiger partial charge in [0.2, 0.25) is 0 Å². The second kappa shape index (κ2) is 11.5. The quantitative estimate of drug-likeness (QED) is 0.657. The Morgan fingerprint density at radius 1 is 1.00 bits per heavy atom. The summed E-state index contributed by atoms with van der Waals surface area (Å²) in [5.74, 6) is 0.173. The number of aromatic hydroxyl groups is 1. The Kier molecular flexibility index (Phi) is 8.47. The van der Waals surface area contributed by atoms with Crippen molar-refractivity contribution in [1.82, 2.24) is 9.80 Å². The minimum Gasteiger partial charge on any atom is -0.508 e. The minimum absolute atomic E-state index is 0.0612. The van der Waals surface area contributed by atoms with Gasteiger partial charge >= 0.3 is 5.97 Å². The zero-order valence-corrected chi connectivity index (χ0v) is 18.3. The molecule has 1 amide bonds. The van der Waals surface area contributed by atoms with Crippen LogP contribution in [0.2, 0.25) is 0 Å². The van der Waals surface area contributed by atoms with Gasteiger partial charge in [-0.15, -0.1) is 0 Å². The summed E-state index contributed by atoms with van der Waals surface area (Å²) in [6, 6.07) is 15.0. The molecule has 2 aromatic carbocycles. The molecule has 3 rings (SSSR count). The molecule has 1 aliphatic rings. The molecule has 0 spiro atoms. The number of rotatable bonds is 8. The molecule has 1 saturated heterocycles.